The molecule has 0 fully saturated rings. The van der Waals surface area contributed by atoms with Gasteiger partial charge >= 0.3 is 0 Å². The minimum Gasteiger partial charge on any atom is -0.320 e. The largest absolute Gasteiger partial charge is 0.320 e. The van der Waals surface area contributed by atoms with Crippen LogP contribution in [0, 0.1) is 27.7 Å². The Kier molecular flexibility index (Phi) is 4.33. The number of nitrogens with zero attached hydrogens (tertiary/aromatic N) is 1. The lowest BCUT2D eigenvalue weighted by Crippen LogP contribution is -2.31. The van der Waals surface area contributed by atoms with Crippen LogP contribution in [0.2, 0.25) is 0 Å². The molecule has 0 saturated carbocycles. The lowest BCUT2D eigenvalue weighted by Gasteiger charge is -2.20. The SMILES string of the molecule is CCn1c(C)cc(C)c(C(N)c2ccc(C)cc2C)c1=O. The van der Waals surface area contributed by atoms with E-state index in [4.69, 9.17) is 5.73 Å². The van der Waals surface area contributed by atoms with Gasteiger partial charge in [0.25, 0.3) is 5.56 Å². The third-order valence-corrected chi connectivity index (χ3v) is 4.14. The van der Waals surface area contributed by atoms with Crippen molar-refractivity contribution in [3.63, 3.8) is 0 Å². The number of aromatic nitrogens is 1. The van der Waals surface area contributed by atoms with Gasteiger partial charge in [-0.25, -0.2) is 0 Å². The molecule has 0 saturated heterocycles. The molecule has 2 rings (SSSR count). The highest BCUT2D eigenvalue weighted by Gasteiger charge is 2.19. The van der Waals surface area contributed by atoms with E-state index in [-0.39, 0.29) is 11.6 Å². The molecule has 2 N–H and O–H groups in total. The average Bonchev–Trinajstić information content (AvgIpc) is 2.38. The molecule has 0 radical (unpaired) electrons. The van der Waals surface area contributed by atoms with E-state index in [2.05, 4.69) is 13.0 Å². The Labute approximate surface area is 126 Å². The van der Waals surface area contributed by atoms with Gasteiger partial charge in [0, 0.05) is 17.8 Å². The van der Waals surface area contributed by atoms with Crippen molar-refractivity contribution in [3.05, 3.63) is 68.1 Å². The second-order valence-corrected chi connectivity index (χ2v) is 5.77. The van der Waals surface area contributed by atoms with Gasteiger partial charge in [-0.15, -0.1) is 0 Å². The normalized spacial score (nSPS) is 12.5. The number of pyridine rings is 1. The second kappa shape index (κ2) is 5.86. The average molecular weight is 284 g/mol. The summed E-state index contributed by atoms with van der Waals surface area (Å²) < 4.78 is 1.78. The van der Waals surface area contributed by atoms with Crippen LogP contribution in [0.4, 0.5) is 0 Å². The fraction of sp³-hybridized carbons (Fsp3) is 0.389. The van der Waals surface area contributed by atoms with Crippen LogP contribution in [0.5, 0.6) is 0 Å². The molecule has 0 aliphatic heterocycles. The van der Waals surface area contributed by atoms with Crippen LogP contribution in [-0.4, -0.2) is 4.57 Å². The minimum atomic E-state index is -0.378. The van der Waals surface area contributed by atoms with Crippen molar-refractivity contribution in [1.82, 2.24) is 4.57 Å². The first-order chi connectivity index (χ1) is 9.86. The number of benzene rings is 1. The highest BCUT2D eigenvalue weighted by atomic mass is 16.1. The summed E-state index contributed by atoms with van der Waals surface area (Å²) in [6.07, 6.45) is 0. The van der Waals surface area contributed by atoms with Gasteiger partial charge in [0.15, 0.2) is 0 Å². The van der Waals surface area contributed by atoms with E-state index in [1.54, 1.807) is 4.57 Å². The first-order valence-electron chi connectivity index (χ1n) is 7.40. The standard InChI is InChI=1S/C18H24N2O/c1-6-20-14(5)10-13(4)16(18(20)21)17(19)15-8-7-11(2)9-12(15)3/h7-10,17H,6,19H2,1-5H3. The Hall–Kier alpha value is -1.87. The highest BCUT2D eigenvalue weighted by Crippen LogP contribution is 2.24. The van der Waals surface area contributed by atoms with Crippen LogP contribution < -0.4 is 11.3 Å². The molecular formula is C18H24N2O. The zero-order chi connectivity index (χ0) is 15.7. The molecule has 21 heavy (non-hydrogen) atoms. The lowest BCUT2D eigenvalue weighted by molar-refractivity contribution is 0.674. The number of nitrogens with two attached hydrogens (primary N) is 1. The molecule has 1 unspecified atom stereocenters. The Balaban J connectivity index is 2.63. The van der Waals surface area contributed by atoms with Gasteiger partial charge in [0.05, 0.1) is 6.04 Å². The molecule has 2 aromatic rings. The summed E-state index contributed by atoms with van der Waals surface area (Å²) >= 11 is 0. The zero-order valence-corrected chi connectivity index (χ0v) is 13.5. The van der Waals surface area contributed by atoms with E-state index in [1.165, 1.54) is 5.56 Å². The van der Waals surface area contributed by atoms with Gasteiger partial charge in [-0.05, 0) is 57.4 Å². The van der Waals surface area contributed by atoms with Gasteiger partial charge in [-0.3, -0.25) is 4.79 Å². The second-order valence-electron chi connectivity index (χ2n) is 5.77. The Morgan fingerprint density at radius 2 is 1.76 bits per heavy atom. The highest BCUT2D eigenvalue weighted by molar-refractivity contribution is 5.41. The Morgan fingerprint density at radius 1 is 1.10 bits per heavy atom. The van der Waals surface area contributed by atoms with E-state index in [0.29, 0.717) is 12.1 Å². The molecule has 1 heterocycles. The molecule has 1 aromatic carbocycles. The van der Waals surface area contributed by atoms with Gasteiger partial charge in [-0.2, -0.15) is 0 Å². The maximum Gasteiger partial charge on any atom is 0.256 e. The van der Waals surface area contributed by atoms with Crippen LogP contribution >= 0.6 is 0 Å². The Morgan fingerprint density at radius 3 is 2.33 bits per heavy atom. The van der Waals surface area contributed by atoms with Gasteiger partial charge < -0.3 is 10.3 Å². The quantitative estimate of drug-likeness (QED) is 0.941. The molecule has 1 aromatic heterocycles. The molecule has 112 valence electrons. The van der Waals surface area contributed by atoms with E-state index in [0.717, 1.165) is 22.4 Å². The molecule has 3 nitrogen and oxygen atoms in total. The molecule has 0 amide bonds. The minimum absolute atomic E-state index is 0.0301. The zero-order valence-electron chi connectivity index (χ0n) is 13.5. The summed E-state index contributed by atoms with van der Waals surface area (Å²) in [7, 11) is 0. The van der Waals surface area contributed by atoms with Crippen molar-refractivity contribution in [1.29, 1.82) is 0 Å². The molecule has 0 aliphatic rings. The predicted molar refractivity (Wildman–Crippen MR) is 87.8 cm³/mol. The topological polar surface area (TPSA) is 48.0 Å². The molecule has 1 atom stereocenters. The number of hydrogen-bond acceptors (Lipinski definition) is 2. The van der Waals surface area contributed by atoms with Crippen LogP contribution in [0.25, 0.3) is 0 Å². The molecule has 3 heteroatoms. The Bertz CT molecular complexity index is 729. The maximum atomic E-state index is 12.7. The van der Waals surface area contributed by atoms with Gasteiger partial charge in [-0.1, -0.05) is 23.8 Å². The van der Waals surface area contributed by atoms with E-state index in [9.17, 15) is 4.79 Å². The third-order valence-electron chi connectivity index (χ3n) is 4.14. The van der Waals surface area contributed by atoms with Crippen molar-refractivity contribution < 1.29 is 0 Å². The summed E-state index contributed by atoms with van der Waals surface area (Å²) in [5, 5.41) is 0. The number of aryl methyl sites for hydroxylation is 4. The lowest BCUT2D eigenvalue weighted by atomic mass is 9.92. The van der Waals surface area contributed by atoms with Crippen molar-refractivity contribution in [3.8, 4) is 0 Å². The first kappa shape index (κ1) is 15.5. The van der Waals surface area contributed by atoms with Gasteiger partial charge in [0.1, 0.15) is 0 Å². The van der Waals surface area contributed by atoms with Crippen molar-refractivity contribution in [2.75, 3.05) is 0 Å². The summed E-state index contributed by atoms with van der Waals surface area (Å²) in [5.74, 6) is 0. The molecule has 0 bridgehead atoms. The fourth-order valence-electron chi connectivity index (χ4n) is 3.04. The van der Waals surface area contributed by atoms with Crippen LogP contribution in [0.3, 0.4) is 0 Å². The van der Waals surface area contributed by atoms with Crippen molar-refractivity contribution in [2.24, 2.45) is 5.73 Å². The van der Waals surface area contributed by atoms with E-state index in [1.807, 2.05) is 45.9 Å². The molecule has 0 spiro atoms. The fourth-order valence-corrected chi connectivity index (χ4v) is 3.04. The number of rotatable bonds is 3. The van der Waals surface area contributed by atoms with Crippen LogP contribution in [0.1, 0.15) is 46.5 Å². The summed E-state index contributed by atoms with van der Waals surface area (Å²) in [6, 6.07) is 7.85. The summed E-state index contributed by atoms with van der Waals surface area (Å²) in [4.78, 5) is 12.7. The maximum absolute atomic E-state index is 12.7. The predicted octanol–water partition coefficient (Wildman–Crippen LogP) is 3.15. The number of hydrogen-bond donors (Lipinski definition) is 1. The van der Waals surface area contributed by atoms with Crippen LogP contribution in [0.15, 0.2) is 29.1 Å². The summed E-state index contributed by atoms with van der Waals surface area (Å²) in [6.45, 7) is 10.7. The molecular weight excluding hydrogens is 260 g/mol. The van der Waals surface area contributed by atoms with E-state index >= 15 is 0 Å². The monoisotopic (exact) mass is 284 g/mol. The van der Waals surface area contributed by atoms with Gasteiger partial charge in [0.2, 0.25) is 0 Å². The van der Waals surface area contributed by atoms with Crippen molar-refractivity contribution in [2.45, 2.75) is 47.2 Å². The first-order valence-corrected chi connectivity index (χ1v) is 7.40. The molecule has 0 aliphatic carbocycles. The smallest absolute Gasteiger partial charge is 0.256 e. The van der Waals surface area contributed by atoms with Crippen LogP contribution in [-0.2, 0) is 6.54 Å². The third kappa shape index (κ3) is 2.79. The summed E-state index contributed by atoms with van der Waals surface area (Å²) in [5.41, 5.74) is 12.5. The van der Waals surface area contributed by atoms with E-state index < -0.39 is 0 Å². The van der Waals surface area contributed by atoms with Crippen molar-refractivity contribution >= 4 is 0 Å².